The maximum Gasteiger partial charge on any atom is 0.251 e. The van der Waals surface area contributed by atoms with Crippen molar-refractivity contribution in [1.29, 1.82) is 0 Å². The van der Waals surface area contributed by atoms with E-state index in [1.165, 1.54) is 5.57 Å². The summed E-state index contributed by atoms with van der Waals surface area (Å²) in [5.74, 6) is 0.0000302. The second-order valence-electron chi connectivity index (χ2n) is 3.87. The molecule has 2 N–H and O–H groups in total. The average molecular weight is 253 g/mol. The quantitative estimate of drug-likeness (QED) is 0.805. The lowest BCUT2D eigenvalue weighted by Crippen LogP contribution is -2.29. The van der Waals surface area contributed by atoms with Crippen LogP contribution in [0.4, 0.5) is 0 Å². The van der Waals surface area contributed by atoms with Gasteiger partial charge in [0.1, 0.15) is 0 Å². The van der Waals surface area contributed by atoms with Crippen LogP contribution in [0.5, 0.6) is 0 Å². The number of carbonyl (C=O) groups is 1. The van der Waals surface area contributed by atoms with Crippen LogP contribution < -0.4 is 10.6 Å². The summed E-state index contributed by atoms with van der Waals surface area (Å²) in [4.78, 5) is 11.7. The van der Waals surface area contributed by atoms with Gasteiger partial charge in [-0.25, -0.2) is 0 Å². The Morgan fingerprint density at radius 2 is 2.06 bits per heavy atom. The van der Waals surface area contributed by atoms with Crippen LogP contribution in [0.2, 0.25) is 0 Å². The van der Waals surface area contributed by atoms with Crippen molar-refractivity contribution in [2.24, 2.45) is 0 Å². The first-order chi connectivity index (χ1) is 7.86. The number of hydrogen-bond donors (Lipinski definition) is 2. The van der Waals surface area contributed by atoms with E-state index in [9.17, 15) is 4.79 Å². The molecule has 0 atom stereocenters. The molecule has 2 rings (SSSR count). The summed E-state index contributed by atoms with van der Waals surface area (Å²) < 4.78 is 0. The van der Waals surface area contributed by atoms with Crippen molar-refractivity contribution in [1.82, 2.24) is 10.6 Å². The fourth-order valence-corrected chi connectivity index (χ4v) is 1.72. The predicted octanol–water partition coefficient (Wildman–Crippen LogP) is 1.76. The molecule has 17 heavy (non-hydrogen) atoms. The van der Waals surface area contributed by atoms with Crippen LogP contribution in [-0.4, -0.2) is 25.5 Å². The zero-order chi connectivity index (χ0) is 11.2. The minimum absolute atomic E-state index is 0. The van der Waals surface area contributed by atoms with Crippen LogP contribution in [0.25, 0.3) is 0 Å². The van der Waals surface area contributed by atoms with Gasteiger partial charge in [-0.3, -0.25) is 4.79 Å². The fraction of sp³-hybridized carbons (Fsp3) is 0.308. The minimum Gasteiger partial charge on any atom is -0.348 e. The van der Waals surface area contributed by atoms with Crippen LogP contribution in [0.15, 0.2) is 42.0 Å². The van der Waals surface area contributed by atoms with Crippen molar-refractivity contribution in [3.63, 3.8) is 0 Å². The van der Waals surface area contributed by atoms with Gasteiger partial charge in [0.05, 0.1) is 0 Å². The monoisotopic (exact) mass is 252 g/mol. The number of halogens is 1. The molecule has 1 heterocycles. The molecule has 1 amide bonds. The highest BCUT2D eigenvalue weighted by Gasteiger charge is 2.06. The number of benzene rings is 1. The van der Waals surface area contributed by atoms with Gasteiger partial charge in [-0.1, -0.05) is 29.8 Å². The molecule has 0 aliphatic carbocycles. The van der Waals surface area contributed by atoms with Gasteiger partial charge in [-0.2, -0.15) is 0 Å². The molecular weight excluding hydrogens is 236 g/mol. The third kappa shape index (κ3) is 4.21. The number of rotatable bonds is 3. The van der Waals surface area contributed by atoms with Gasteiger partial charge in [0, 0.05) is 18.7 Å². The number of amides is 1. The van der Waals surface area contributed by atoms with Crippen LogP contribution >= 0.6 is 12.4 Å². The zero-order valence-electron chi connectivity index (χ0n) is 9.61. The van der Waals surface area contributed by atoms with E-state index in [2.05, 4.69) is 16.7 Å². The first-order valence-electron chi connectivity index (χ1n) is 5.58. The lowest BCUT2D eigenvalue weighted by Gasteiger charge is -2.14. The Labute approximate surface area is 108 Å². The molecular formula is C13H17ClN2O. The molecule has 4 heteroatoms. The Balaban J connectivity index is 0.00000144. The van der Waals surface area contributed by atoms with Crippen molar-refractivity contribution in [3.8, 4) is 0 Å². The fourth-order valence-electron chi connectivity index (χ4n) is 1.72. The smallest absolute Gasteiger partial charge is 0.251 e. The SMILES string of the molecule is Cl.O=C(NCC1=CCNCC1)c1ccccc1. The van der Waals surface area contributed by atoms with Gasteiger partial charge in [-0.05, 0) is 25.1 Å². The third-order valence-electron chi connectivity index (χ3n) is 2.67. The summed E-state index contributed by atoms with van der Waals surface area (Å²) in [7, 11) is 0. The van der Waals surface area contributed by atoms with Gasteiger partial charge in [0.2, 0.25) is 0 Å². The molecule has 1 aliphatic heterocycles. The van der Waals surface area contributed by atoms with Gasteiger partial charge >= 0.3 is 0 Å². The van der Waals surface area contributed by atoms with E-state index >= 15 is 0 Å². The maximum atomic E-state index is 11.7. The molecule has 0 unspecified atom stereocenters. The van der Waals surface area contributed by atoms with Gasteiger partial charge in [0.25, 0.3) is 5.91 Å². The molecule has 0 spiro atoms. The van der Waals surface area contributed by atoms with Crippen molar-refractivity contribution in [3.05, 3.63) is 47.5 Å². The van der Waals surface area contributed by atoms with Crippen LogP contribution in [0, 0.1) is 0 Å². The van der Waals surface area contributed by atoms with E-state index in [1.54, 1.807) is 0 Å². The minimum atomic E-state index is 0. The molecule has 0 saturated carbocycles. The molecule has 1 aromatic rings. The molecule has 1 aliphatic rings. The van der Waals surface area contributed by atoms with Gasteiger partial charge in [-0.15, -0.1) is 12.4 Å². The number of hydrogen-bond acceptors (Lipinski definition) is 2. The number of nitrogens with one attached hydrogen (secondary N) is 2. The summed E-state index contributed by atoms with van der Waals surface area (Å²) in [6, 6.07) is 9.31. The molecule has 3 nitrogen and oxygen atoms in total. The summed E-state index contributed by atoms with van der Waals surface area (Å²) in [6.45, 7) is 2.58. The molecule has 0 fully saturated rings. The van der Waals surface area contributed by atoms with Crippen molar-refractivity contribution < 1.29 is 4.79 Å². The normalized spacial score (nSPS) is 14.5. The summed E-state index contributed by atoms with van der Waals surface area (Å²) in [5, 5.41) is 6.18. The van der Waals surface area contributed by atoms with E-state index in [0.717, 1.165) is 25.1 Å². The van der Waals surface area contributed by atoms with E-state index in [4.69, 9.17) is 0 Å². The first kappa shape index (κ1) is 13.7. The second-order valence-corrected chi connectivity index (χ2v) is 3.87. The lowest BCUT2D eigenvalue weighted by molar-refractivity contribution is 0.0956. The lowest BCUT2D eigenvalue weighted by atomic mass is 10.1. The van der Waals surface area contributed by atoms with Crippen molar-refractivity contribution in [2.75, 3.05) is 19.6 Å². The molecule has 92 valence electrons. The van der Waals surface area contributed by atoms with Crippen LogP contribution in [0.1, 0.15) is 16.8 Å². The number of carbonyl (C=O) groups excluding carboxylic acids is 1. The predicted molar refractivity (Wildman–Crippen MR) is 71.6 cm³/mol. The highest BCUT2D eigenvalue weighted by atomic mass is 35.5. The summed E-state index contributed by atoms with van der Waals surface area (Å²) in [6.07, 6.45) is 3.17. The largest absolute Gasteiger partial charge is 0.348 e. The van der Waals surface area contributed by atoms with Crippen molar-refractivity contribution >= 4 is 18.3 Å². The Bertz CT molecular complexity index is 390. The first-order valence-corrected chi connectivity index (χ1v) is 5.58. The topological polar surface area (TPSA) is 41.1 Å². The Hall–Kier alpha value is -1.32. The highest BCUT2D eigenvalue weighted by Crippen LogP contribution is 2.03. The van der Waals surface area contributed by atoms with Gasteiger partial charge < -0.3 is 10.6 Å². The standard InChI is InChI=1S/C13H16N2O.ClH/c16-13(12-4-2-1-3-5-12)15-10-11-6-8-14-9-7-11;/h1-6,14H,7-10H2,(H,15,16);1H. The van der Waals surface area contributed by atoms with E-state index in [1.807, 2.05) is 30.3 Å². The van der Waals surface area contributed by atoms with Gasteiger partial charge in [0.15, 0.2) is 0 Å². The average Bonchev–Trinajstić information content (AvgIpc) is 2.38. The Morgan fingerprint density at radius 1 is 1.29 bits per heavy atom. The third-order valence-corrected chi connectivity index (χ3v) is 2.67. The summed E-state index contributed by atoms with van der Waals surface area (Å²) in [5.41, 5.74) is 2.03. The molecule has 0 aromatic heterocycles. The molecule has 0 bridgehead atoms. The zero-order valence-corrected chi connectivity index (χ0v) is 10.4. The molecule has 0 radical (unpaired) electrons. The Morgan fingerprint density at radius 3 is 2.71 bits per heavy atom. The van der Waals surface area contributed by atoms with E-state index in [0.29, 0.717) is 6.54 Å². The Kier molecular flexibility index (Phi) is 5.73. The highest BCUT2D eigenvalue weighted by molar-refractivity contribution is 5.94. The van der Waals surface area contributed by atoms with Crippen LogP contribution in [0.3, 0.4) is 0 Å². The maximum absolute atomic E-state index is 11.7. The van der Waals surface area contributed by atoms with Crippen LogP contribution in [-0.2, 0) is 0 Å². The molecule has 1 aromatic carbocycles. The molecule has 0 saturated heterocycles. The van der Waals surface area contributed by atoms with E-state index in [-0.39, 0.29) is 18.3 Å². The van der Waals surface area contributed by atoms with E-state index < -0.39 is 0 Å². The van der Waals surface area contributed by atoms with Crippen molar-refractivity contribution in [2.45, 2.75) is 6.42 Å². The second kappa shape index (κ2) is 7.09. The summed E-state index contributed by atoms with van der Waals surface area (Å²) >= 11 is 0.